The molecule has 1 aromatic rings. The lowest BCUT2D eigenvalue weighted by molar-refractivity contribution is -0.268. The van der Waals surface area contributed by atoms with Gasteiger partial charge < -0.3 is 5.11 Å². The lowest BCUT2D eigenvalue weighted by atomic mass is 10.3. The monoisotopic (exact) mass is 153 g/mol. The maximum Gasteiger partial charge on any atom is 0.336 e. The van der Waals surface area contributed by atoms with Gasteiger partial charge in [-0.2, -0.15) is 0 Å². The zero-order valence-corrected chi connectivity index (χ0v) is 6.03. The predicted octanol–water partition coefficient (Wildman–Crippen LogP) is -2.22. The van der Waals surface area contributed by atoms with Crippen LogP contribution >= 0.6 is 0 Å². The van der Waals surface area contributed by atoms with Crippen molar-refractivity contribution in [2.24, 2.45) is 11.5 Å². The average molecular weight is 153 g/mol. The lowest BCUT2D eigenvalue weighted by Crippen LogP contribution is -2.51. The summed E-state index contributed by atoms with van der Waals surface area (Å²) in [4.78, 5) is 0. The van der Waals surface area contributed by atoms with Gasteiger partial charge in [-0.1, -0.05) is 30.3 Å². The molecule has 0 aliphatic rings. The smallest absolute Gasteiger partial charge is 0.336 e. The van der Waals surface area contributed by atoms with Gasteiger partial charge >= 0.3 is 5.96 Å². The standard InChI is InChI=1S/C6H6O.CH5N3/c7-6-4-2-1-3-5-6;2-1(3)4/h1-5,7H;(H5,2,3,4). The maximum absolute atomic E-state index is 10.3. The highest BCUT2D eigenvalue weighted by Crippen LogP contribution is 1.98. The molecule has 4 nitrogen and oxygen atoms in total. The fourth-order valence-corrected chi connectivity index (χ4v) is 0.420. The van der Waals surface area contributed by atoms with E-state index >= 15 is 0 Å². The molecule has 0 aromatic heterocycles. The number of guanidine groups is 1. The van der Waals surface area contributed by atoms with E-state index < -0.39 is 0 Å². The molecule has 1 rings (SSSR count). The Balaban J connectivity index is 0.000000218. The highest BCUT2D eigenvalue weighted by molar-refractivity contribution is 5.68. The van der Waals surface area contributed by atoms with Gasteiger partial charge in [-0.3, -0.25) is 16.9 Å². The summed E-state index contributed by atoms with van der Waals surface area (Å²) < 4.78 is 0. The Bertz CT molecular complexity index is 206. The van der Waals surface area contributed by atoms with Crippen molar-refractivity contribution in [1.82, 2.24) is 0 Å². The van der Waals surface area contributed by atoms with Gasteiger partial charge in [-0.25, -0.2) is 0 Å². The Kier molecular flexibility index (Phi) is 4.31. The van der Waals surface area contributed by atoms with E-state index in [0.717, 1.165) is 0 Å². The Labute approximate surface area is 65.0 Å². The molecular weight excluding hydrogens is 142 g/mol. The molecule has 0 aliphatic carbocycles. The Morgan fingerprint density at radius 3 is 1.73 bits per heavy atom. The molecule has 0 saturated carbocycles. The normalized spacial score (nSPS) is 7.64. The van der Waals surface area contributed by atoms with Gasteiger partial charge in [0.2, 0.25) is 0 Å². The molecule has 6 N–H and O–H groups in total. The van der Waals surface area contributed by atoms with Crippen LogP contribution in [0.5, 0.6) is 5.75 Å². The SMILES string of the molecule is NC(N)=[NH2+].[O-]c1ccccc1. The fourth-order valence-electron chi connectivity index (χ4n) is 0.420. The molecule has 0 fully saturated rings. The molecule has 0 unspecified atom stereocenters. The minimum atomic E-state index is -0.0833. The molecule has 0 aliphatic heterocycles. The van der Waals surface area contributed by atoms with E-state index in [1.165, 1.54) is 12.1 Å². The van der Waals surface area contributed by atoms with Crippen LogP contribution in [0.15, 0.2) is 30.3 Å². The lowest BCUT2D eigenvalue weighted by Gasteiger charge is -1.98. The second-order valence-corrected chi connectivity index (χ2v) is 1.81. The summed E-state index contributed by atoms with van der Waals surface area (Å²) in [7, 11) is 0. The topological polar surface area (TPSA) is 101 Å². The zero-order chi connectivity index (χ0) is 8.69. The first-order valence-electron chi connectivity index (χ1n) is 2.98. The van der Waals surface area contributed by atoms with Crippen LogP contribution in [0.1, 0.15) is 0 Å². The van der Waals surface area contributed by atoms with Crippen LogP contribution in [-0.4, -0.2) is 5.96 Å². The number of hydrogen-bond donors (Lipinski definition) is 3. The second kappa shape index (κ2) is 5.10. The van der Waals surface area contributed by atoms with Crippen molar-refractivity contribution < 1.29 is 10.5 Å². The van der Waals surface area contributed by atoms with Crippen molar-refractivity contribution in [3.63, 3.8) is 0 Å². The third-order valence-electron chi connectivity index (χ3n) is 0.743. The molecule has 4 heteroatoms. The molecule has 0 radical (unpaired) electrons. The highest BCUT2D eigenvalue weighted by atomic mass is 16.3. The first-order valence-corrected chi connectivity index (χ1v) is 2.98. The minimum absolute atomic E-state index is 0.0718. The van der Waals surface area contributed by atoms with Gasteiger partial charge in [0.1, 0.15) is 0 Å². The Morgan fingerprint density at radius 2 is 1.55 bits per heavy atom. The van der Waals surface area contributed by atoms with Crippen molar-refractivity contribution in [3.05, 3.63) is 30.3 Å². The van der Waals surface area contributed by atoms with Crippen LogP contribution in [0.3, 0.4) is 0 Å². The van der Waals surface area contributed by atoms with E-state index in [0.29, 0.717) is 0 Å². The molecule has 0 bridgehead atoms. The summed E-state index contributed by atoms with van der Waals surface area (Å²) in [5.74, 6) is -0.0116. The predicted molar refractivity (Wildman–Crippen MR) is 41.2 cm³/mol. The average Bonchev–Trinajstić information content (AvgIpc) is 1.87. The summed E-state index contributed by atoms with van der Waals surface area (Å²) in [5, 5.41) is 14.9. The van der Waals surface area contributed by atoms with Crippen LogP contribution in [0.2, 0.25) is 0 Å². The molecule has 1 aromatic carbocycles. The number of para-hydroxylation sites is 1. The van der Waals surface area contributed by atoms with Gasteiger partial charge in [-0.15, -0.1) is 5.75 Å². The van der Waals surface area contributed by atoms with Gasteiger partial charge in [-0.05, 0) is 0 Å². The minimum Gasteiger partial charge on any atom is -0.872 e. The molecule has 0 atom stereocenters. The molecule has 11 heavy (non-hydrogen) atoms. The van der Waals surface area contributed by atoms with Crippen LogP contribution < -0.4 is 22.0 Å². The largest absolute Gasteiger partial charge is 0.872 e. The van der Waals surface area contributed by atoms with Crippen LogP contribution in [0, 0.1) is 0 Å². The van der Waals surface area contributed by atoms with Crippen molar-refractivity contribution >= 4 is 5.96 Å². The maximum atomic E-state index is 10.3. The fraction of sp³-hybridized carbons (Fsp3) is 0. The van der Waals surface area contributed by atoms with E-state index in [9.17, 15) is 5.11 Å². The van der Waals surface area contributed by atoms with Crippen LogP contribution in [0.25, 0.3) is 0 Å². The highest BCUT2D eigenvalue weighted by Gasteiger charge is 1.65. The van der Waals surface area contributed by atoms with Gasteiger partial charge in [0.05, 0.1) is 0 Å². The molecule has 0 saturated heterocycles. The zero-order valence-electron chi connectivity index (χ0n) is 6.03. The first-order chi connectivity index (χ1) is 5.13. The summed E-state index contributed by atoms with van der Waals surface area (Å²) >= 11 is 0. The van der Waals surface area contributed by atoms with E-state index in [-0.39, 0.29) is 11.7 Å². The third kappa shape index (κ3) is 8.29. The van der Waals surface area contributed by atoms with Crippen molar-refractivity contribution in [1.29, 1.82) is 0 Å². The molecule has 0 amide bonds. The molecular formula is C7H11N3O. The summed E-state index contributed by atoms with van der Waals surface area (Å²) in [6.07, 6.45) is 0. The molecule has 0 heterocycles. The van der Waals surface area contributed by atoms with Crippen LogP contribution in [0.4, 0.5) is 0 Å². The summed E-state index contributed by atoms with van der Waals surface area (Å²) in [5.41, 5.74) is 9.17. The number of nitrogens with two attached hydrogens (primary N) is 3. The van der Waals surface area contributed by atoms with Gasteiger partial charge in [0.15, 0.2) is 0 Å². The first kappa shape index (κ1) is 9.29. The quantitative estimate of drug-likeness (QED) is 0.290. The van der Waals surface area contributed by atoms with Crippen molar-refractivity contribution in [2.45, 2.75) is 0 Å². The molecule has 60 valence electrons. The summed E-state index contributed by atoms with van der Waals surface area (Å²) in [6.45, 7) is 0. The van der Waals surface area contributed by atoms with Gasteiger partial charge in [0.25, 0.3) is 0 Å². The Morgan fingerprint density at radius 1 is 1.18 bits per heavy atom. The van der Waals surface area contributed by atoms with Crippen LogP contribution in [-0.2, 0) is 0 Å². The number of rotatable bonds is 0. The number of benzene rings is 1. The summed E-state index contributed by atoms with van der Waals surface area (Å²) in [6, 6.07) is 8.33. The molecule has 0 spiro atoms. The van der Waals surface area contributed by atoms with Crippen molar-refractivity contribution in [2.75, 3.05) is 0 Å². The van der Waals surface area contributed by atoms with E-state index in [2.05, 4.69) is 16.9 Å². The Hall–Kier alpha value is -1.71. The van der Waals surface area contributed by atoms with E-state index in [4.69, 9.17) is 0 Å². The second-order valence-electron chi connectivity index (χ2n) is 1.81. The van der Waals surface area contributed by atoms with Crippen molar-refractivity contribution in [3.8, 4) is 5.75 Å². The van der Waals surface area contributed by atoms with E-state index in [1.807, 2.05) is 6.07 Å². The number of hydrogen-bond acceptors (Lipinski definition) is 1. The van der Waals surface area contributed by atoms with Gasteiger partial charge in [0, 0.05) is 0 Å². The third-order valence-corrected chi connectivity index (χ3v) is 0.743. The van der Waals surface area contributed by atoms with E-state index in [1.54, 1.807) is 12.1 Å².